The number of hydrogen-bond acceptors (Lipinski definition) is 5. The van der Waals surface area contributed by atoms with E-state index in [0.717, 1.165) is 24.5 Å². The molecule has 0 aromatic carbocycles. The first kappa shape index (κ1) is 12.7. The van der Waals surface area contributed by atoms with Crippen LogP contribution in [0.15, 0.2) is 11.6 Å². The van der Waals surface area contributed by atoms with Crippen molar-refractivity contribution in [2.75, 3.05) is 7.05 Å². The van der Waals surface area contributed by atoms with Gasteiger partial charge in [0.05, 0.1) is 15.7 Å². The maximum Gasteiger partial charge on any atom is 0.0926 e. The lowest BCUT2D eigenvalue weighted by molar-refractivity contribution is 0.318. The van der Waals surface area contributed by atoms with Crippen molar-refractivity contribution in [1.82, 2.24) is 14.9 Å². The zero-order valence-corrected chi connectivity index (χ0v) is 12.1. The molecule has 0 bridgehead atoms. The number of thiazole rings is 2. The Bertz CT molecular complexity index is 476. The summed E-state index contributed by atoms with van der Waals surface area (Å²) in [6.07, 6.45) is 3.00. The maximum absolute atomic E-state index is 4.58. The van der Waals surface area contributed by atoms with Crippen LogP contribution in [0.5, 0.6) is 0 Å². The van der Waals surface area contributed by atoms with Crippen LogP contribution < -0.4 is 0 Å². The van der Waals surface area contributed by atoms with Gasteiger partial charge in [-0.25, -0.2) is 9.97 Å². The van der Waals surface area contributed by atoms with Gasteiger partial charge >= 0.3 is 0 Å². The first-order chi connectivity index (χ1) is 8.17. The molecule has 0 N–H and O–H groups in total. The lowest BCUT2D eigenvalue weighted by atomic mass is 10.4. The van der Waals surface area contributed by atoms with Crippen molar-refractivity contribution >= 4 is 22.7 Å². The number of nitrogens with zero attached hydrogens (tertiary/aromatic N) is 3. The second-order valence-electron chi connectivity index (χ2n) is 4.10. The third kappa shape index (κ3) is 3.59. The topological polar surface area (TPSA) is 29.0 Å². The summed E-state index contributed by atoms with van der Waals surface area (Å²) in [6.45, 7) is 6.05. The van der Waals surface area contributed by atoms with Crippen LogP contribution in [0.2, 0.25) is 0 Å². The van der Waals surface area contributed by atoms with E-state index in [4.69, 9.17) is 0 Å². The van der Waals surface area contributed by atoms with Crippen LogP contribution in [-0.2, 0) is 19.5 Å². The van der Waals surface area contributed by atoms with Gasteiger partial charge in [0.25, 0.3) is 0 Å². The van der Waals surface area contributed by atoms with E-state index in [2.05, 4.69) is 34.2 Å². The number of hydrogen-bond donors (Lipinski definition) is 0. The van der Waals surface area contributed by atoms with E-state index >= 15 is 0 Å². The molecule has 0 radical (unpaired) electrons. The summed E-state index contributed by atoms with van der Waals surface area (Å²) >= 11 is 3.52. The summed E-state index contributed by atoms with van der Waals surface area (Å²) < 4.78 is 0. The molecule has 0 aliphatic rings. The highest BCUT2D eigenvalue weighted by Gasteiger charge is 2.06. The Morgan fingerprint density at radius 1 is 1.35 bits per heavy atom. The zero-order valence-electron chi connectivity index (χ0n) is 10.4. The van der Waals surface area contributed by atoms with Crippen LogP contribution in [0, 0.1) is 6.92 Å². The number of rotatable bonds is 5. The van der Waals surface area contributed by atoms with Gasteiger partial charge < -0.3 is 0 Å². The fraction of sp³-hybridized carbons (Fsp3) is 0.500. The van der Waals surface area contributed by atoms with E-state index in [-0.39, 0.29) is 0 Å². The third-order valence-electron chi connectivity index (χ3n) is 2.43. The molecule has 0 spiro atoms. The van der Waals surface area contributed by atoms with Gasteiger partial charge in [0, 0.05) is 29.5 Å². The van der Waals surface area contributed by atoms with Crippen LogP contribution in [0.3, 0.4) is 0 Å². The van der Waals surface area contributed by atoms with Gasteiger partial charge in [-0.3, -0.25) is 4.90 Å². The molecular weight excluding hydrogens is 250 g/mol. The Morgan fingerprint density at radius 3 is 2.76 bits per heavy atom. The highest BCUT2D eigenvalue weighted by Crippen LogP contribution is 2.16. The smallest absolute Gasteiger partial charge is 0.0926 e. The average molecular weight is 267 g/mol. The molecule has 17 heavy (non-hydrogen) atoms. The fourth-order valence-electron chi connectivity index (χ4n) is 1.66. The van der Waals surface area contributed by atoms with E-state index in [9.17, 15) is 0 Å². The predicted molar refractivity (Wildman–Crippen MR) is 73.5 cm³/mol. The van der Waals surface area contributed by atoms with Gasteiger partial charge in [-0.05, 0) is 20.4 Å². The van der Waals surface area contributed by atoms with Gasteiger partial charge in [0.2, 0.25) is 0 Å². The van der Waals surface area contributed by atoms with E-state index in [1.165, 1.54) is 15.6 Å². The molecule has 0 atom stereocenters. The molecule has 0 fully saturated rings. The quantitative estimate of drug-likeness (QED) is 0.833. The maximum atomic E-state index is 4.58. The van der Waals surface area contributed by atoms with Crippen LogP contribution >= 0.6 is 22.7 Å². The van der Waals surface area contributed by atoms with Crippen LogP contribution in [-0.4, -0.2) is 21.9 Å². The molecule has 0 aliphatic heterocycles. The molecule has 0 amide bonds. The lowest BCUT2D eigenvalue weighted by Gasteiger charge is -2.13. The normalized spacial score (nSPS) is 11.3. The summed E-state index contributed by atoms with van der Waals surface area (Å²) in [7, 11) is 2.13. The molecule has 0 saturated heterocycles. The average Bonchev–Trinajstić information content (AvgIpc) is 2.88. The van der Waals surface area contributed by atoms with Gasteiger partial charge in [-0.1, -0.05) is 6.92 Å². The Morgan fingerprint density at radius 2 is 2.18 bits per heavy atom. The standard InChI is InChI=1S/C12H17N3S2/c1-4-12-14-10(8-16-12)6-15(3)7-11-5-13-9(2)17-11/h5,8H,4,6-7H2,1-3H3. The van der Waals surface area contributed by atoms with Crippen molar-refractivity contribution in [3.8, 4) is 0 Å². The molecule has 0 saturated carbocycles. The minimum atomic E-state index is 0.910. The number of aromatic nitrogens is 2. The van der Waals surface area contributed by atoms with Crippen molar-refractivity contribution in [1.29, 1.82) is 0 Å². The van der Waals surface area contributed by atoms with Crippen molar-refractivity contribution in [3.05, 3.63) is 32.2 Å². The van der Waals surface area contributed by atoms with Crippen molar-refractivity contribution < 1.29 is 0 Å². The summed E-state index contributed by atoms with van der Waals surface area (Å²) in [5.74, 6) is 0. The molecule has 0 unspecified atom stereocenters. The molecule has 2 aromatic heterocycles. The minimum Gasteiger partial charge on any atom is -0.295 e. The van der Waals surface area contributed by atoms with Crippen LogP contribution in [0.25, 0.3) is 0 Å². The van der Waals surface area contributed by atoms with E-state index in [0.29, 0.717) is 0 Å². The summed E-state index contributed by atoms with van der Waals surface area (Å²) in [5.41, 5.74) is 1.18. The third-order valence-corrected chi connectivity index (χ3v) is 4.37. The second-order valence-corrected chi connectivity index (χ2v) is 6.37. The largest absolute Gasteiger partial charge is 0.295 e. The van der Waals surface area contributed by atoms with Gasteiger partial charge in [0.1, 0.15) is 0 Å². The van der Waals surface area contributed by atoms with Crippen molar-refractivity contribution in [3.63, 3.8) is 0 Å². The molecular formula is C12H17N3S2. The van der Waals surface area contributed by atoms with Crippen LogP contribution in [0.4, 0.5) is 0 Å². The first-order valence-corrected chi connectivity index (χ1v) is 7.40. The highest BCUT2D eigenvalue weighted by atomic mass is 32.1. The van der Waals surface area contributed by atoms with E-state index in [1.807, 2.05) is 13.1 Å². The summed E-state index contributed by atoms with van der Waals surface area (Å²) in [4.78, 5) is 12.4. The molecule has 2 rings (SSSR count). The SMILES string of the molecule is CCc1nc(CN(C)Cc2cnc(C)s2)cs1. The molecule has 0 aliphatic carbocycles. The van der Waals surface area contributed by atoms with E-state index in [1.54, 1.807) is 22.7 Å². The summed E-state index contributed by atoms with van der Waals surface area (Å²) in [6, 6.07) is 0. The Kier molecular flexibility index (Phi) is 4.25. The molecule has 2 aromatic rings. The van der Waals surface area contributed by atoms with Gasteiger partial charge in [0.15, 0.2) is 0 Å². The Balaban J connectivity index is 1.90. The van der Waals surface area contributed by atoms with Crippen LogP contribution in [0.1, 0.15) is 27.5 Å². The van der Waals surface area contributed by atoms with Gasteiger partial charge in [-0.2, -0.15) is 0 Å². The van der Waals surface area contributed by atoms with Crippen molar-refractivity contribution in [2.45, 2.75) is 33.4 Å². The lowest BCUT2D eigenvalue weighted by Crippen LogP contribution is -2.16. The summed E-state index contributed by atoms with van der Waals surface area (Å²) in [5, 5.41) is 4.52. The molecule has 3 nitrogen and oxygen atoms in total. The monoisotopic (exact) mass is 267 g/mol. The minimum absolute atomic E-state index is 0.910. The van der Waals surface area contributed by atoms with Crippen molar-refractivity contribution in [2.24, 2.45) is 0 Å². The zero-order chi connectivity index (χ0) is 12.3. The molecule has 2 heterocycles. The first-order valence-electron chi connectivity index (χ1n) is 5.70. The Labute approximate surface area is 110 Å². The highest BCUT2D eigenvalue weighted by molar-refractivity contribution is 7.11. The number of aryl methyl sites for hydroxylation is 2. The predicted octanol–water partition coefficient (Wildman–Crippen LogP) is 3.10. The fourth-order valence-corrected chi connectivity index (χ4v) is 3.27. The molecule has 92 valence electrons. The van der Waals surface area contributed by atoms with Gasteiger partial charge in [-0.15, -0.1) is 22.7 Å². The van der Waals surface area contributed by atoms with E-state index < -0.39 is 0 Å². The Hall–Kier alpha value is -0.780. The molecule has 5 heteroatoms. The second kappa shape index (κ2) is 5.71.